The smallest absolute Gasteiger partial charge is 0.329 e. The molecule has 37 heavy (non-hydrogen) atoms. The Labute approximate surface area is 224 Å². The first-order valence-electron chi connectivity index (χ1n) is 11.7. The average molecular weight is 549 g/mol. The number of nitrogens with zero attached hydrogens (tertiary/aromatic N) is 1. The van der Waals surface area contributed by atoms with Crippen LogP contribution in [0.25, 0.3) is 0 Å². The minimum atomic E-state index is -1.03. The molecule has 200 valence electrons. The number of aromatic nitrogens is 1. The number of pyridine rings is 1. The van der Waals surface area contributed by atoms with Gasteiger partial charge in [-0.05, 0) is 43.7 Å². The van der Waals surface area contributed by atoms with Crippen molar-refractivity contribution in [3.8, 4) is 0 Å². The van der Waals surface area contributed by atoms with Gasteiger partial charge in [-0.3, -0.25) is 19.2 Å². The molecule has 3 N–H and O–H groups in total. The van der Waals surface area contributed by atoms with Gasteiger partial charge in [0.05, 0.1) is 18.7 Å². The maximum absolute atomic E-state index is 13.0. The van der Waals surface area contributed by atoms with Crippen molar-refractivity contribution in [2.24, 2.45) is 5.92 Å². The maximum Gasteiger partial charge on any atom is 0.329 e. The van der Waals surface area contributed by atoms with Crippen LogP contribution in [-0.2, 0) is 30.5 Å². The predicted molar refractivity (Wildman–Crippen MR) is 143 cm³/mol. The topological polar surface area (TPSA) is 144 Å². The summed E-state index contributed by atoms with van der Waals surface area (Å²) in [7, 11) is 0. The van der Waals surface area contributed by atoms with Gasteiger partial charge in [-0.1, -0.05) is 37.8 Å². The lowest BCUT2D eigenvalue weighted by Crippen LogP contribution is -2.48. The van der Waals surface area contributed by atoms with E-state index in [-0.39, 0.29) is 36.2 Å². The fourth-order valence-corrected chi connectivity index (χ4v) is 4.26. The van der Waals surface area contributed by atoms with Crippen LogP contribution in [-0.4, -0.2) is 58.4 Å². The third kappa shape index (κ3) is 9.36. The summed E-state index contributed by atoms with van der Waals surface area (Å²) in [5.74, 6) is -2.14. The molecule has 1 aliphatic heterocycles. The zero-order chi connectivity index (χ0) is 27.4. The van der Waals surface area contributed by atoms with Crippen molar-refractivity contribution in [2.75, 3.05) is 12.0 Å². The van der Waals surface area contributed by atoms with E-state index in [4.69, 9.17) is 4.74 Å². The Morgan fingerprint density at radius 2 is 1.95 bits per heavy atom. The molecule has 2 atom stereocenters. The van der Waals surface area contributed by atoms with E-state index in [9.17, 15) is 24.0 Å². The van der Waals surface area contributed by atoms with E-state index in [1.54, 1.807) is 45.1 Å². The van der Waals surface area contributed by atoms with Crippen molar-refractivity contribution >= 4 is 52.8 Å². The Bertz CT molecular complexity index is 1070. The highest BCUT2D eigenvalue weighted by Crippen LogP contribution is 2.20. The number of allylic oxidation sites excluding steroid dienone is 2. The molecule has 2 heterocycles. The van der Waals surface area contributed by atoms with Crippen molar-refractivity contribution in [2.45, 2.75) is 57.2 Å². The molecule has 0 aliphatic carbocycles. The number of nitrogens with one attached hydrogen (secondary N) is 3. The standard InChI is InChI=1S/C25H32N4O6S2/c1-5-17-23(32)29-22(15(2)3)25(34)35-16(8-6-7-11-37-14-30)12-21(31)26-13-19-20(36-4)10-9-18(27-19)24(33)28-17/h5-6,8-10,14-16,22H,7,11-13H2,1-4H3,(H,26,31)(H,28,33)(H,29,32)/b8-6+,17-5-/t16-,22+/m1/s1. The summed E-state index contributed by atoms with van der Waals surface area (Å²) in [6.45, 7) is 5.13. The Hall–Kier alpha value is -3.12. The summed E-state index contributed by atoms with van der Waals surface area (Å²) in [6, 6.07) is 2.24. The summed E-state index contributed by atoms with van der Waals surface area (Å²) in [4.78, 5) is 67.3. The molecule has 1 aromatic heterocycles. The Balaban J connectivity index is 2.42. The van der Waals surface area contributed by atoms with Gasteiger partial charge in [-0.25, -0.2) is 9.78 Å². The molecule has 0 aromatic carbocycles. The van der Waals surface area contributed by atoms with Gasteiger partial charge in [-0.15, -0.1) is 11.8 Å². The summed E-state index contributed by atoms with van der Waals surface area (Å²) >= 11 is 2.53. The molecule has 3 amide bonds. The molecule has 12 heteroatoms. The van der Waals surface area contributed by atoms with Crippen molar-refractivity contribution in [3.05, 3.63) is 47.4 Å². The van der Waals surface area contributed by atoms with Crippen LogP contribution in [0.15, 0.2) is 41.0 Å². The number of thioether (sulfide) groups is 2. The quantitative estimate of drug-likeness (QED) is 0.117. The molecule has 2 bridgehead atoms. The minimum absolute atomic E-state index is 0.0368. The molecule has 1 aliphatic rings. The molecule has 0 radical (unpaired) electrons. The first-order valence-corrected chi connectivity index (χ1v) is 14.0. The third-order valence-electron chi connectivity index (χ3n) is 5.30. The van der Waals surface area contributed by atoms with E-state index in [0.29, 0.717) is 17.9 Å². The highest BCUT2D eigenvalue weighted by molar-refractivity contribution is 8.11. The number of carbonyl (C=O) groups is 5. The zero-order valence-electron chi connectivity index (χ0n) is 21.2. The summed E-state index contributed by atoms with van der Waals surface area (Å²) in [5, 5.41) is 7.94. The second-order valence-electron chi connectivity index (χ2n) is 8.34. The second-order valence-corrected chi connectivity index (χ2v) is 10.1. The van der Waals surface area contributed by atoms with Crippen molar-refractivity contribution in [1.82, 2.24) is 20.9 Å². The molecule has 0 saturated heterocycles. The van der Waals surface area contributed by atoms with E-state index in [1.165, 1.54) is 17.8 Å². The van der Waals surface area contributed by atoms with E-state index < -0.39 is 29.9 Å². The fraction of sp³-hybridized carbons (Fsp3) is 0.440. The van der Waals surface area contributed by atoms with Crippen LogP contribution in [0.2, 0.25) is 0 Å². The van der Waals surface area contributed by atoms with E-state index in [2.05, 4.69) is 20.9 Å². The van der Waals surface area contributed by atoms with Gasteiger partial charge in [0.2, 0.25) is 5.91 Å². The predicted octanol–water partition coefficient (Wildman–Crippen LogP) is 2.38. The van der Waals surface area contributed by atoms with Crippen LogP contribution in [0.4, 0.5) is 0 Å². The highest BCUT2D eigenvalue weighted by Gasteiger charge is 2.30. The molecule has 0 fully saturated rings. The molecule has 0 spiro atoms. The van der Waals surface area contributed by atoms with Crippen LogP contribution < -0.4 is 16.0 Å². The molecule has 1 aromatic rings. The Morgan fingerprint density at radius 1 is 1.19 bits per heavy atom. The lowest BCUT2D eigenvalue weighted by atomic mass is 10.0. The monoisotopic (exact) mass is 548 g/mol. The van der Waals surface area contributed by atoms with Crippen LogP contribution in [0.3, 0.4) is 0 Å². The largest absolute Gasteiger partial charge is 0.456 e. The molecular weight excluding hydrogens is 516 g/mol. The summed E-state index contributed by atoms with van der Waals surface area (Å²) in [5.41, 5.74) is 1.28. The van der Waals surface area contributed by atoms with Crippen LogP contribution >= 0.6 is 23.5 Å². The normalized spacial score (nSPS) is 20.9. The number of cyclic esters (lactones) is 1. The lowest BCUT2D eigenvalue weighted by Gasteiger charge is -2.24. The van der Waals surface area contributed by atoms with Crippen molar-refractivity contribution in [1.29, 1.82) is 0 Å². The minimum Gasteiger partial charge on any atom is -0.456 e. The lowest BCUT2D eigenvalue weighted by molar-refractivity contribution is -0.153. The molecular formula is C25H32N4O6S2. The highest BCUT2D eigenvalue weighted by atomic mass is 32.2. The van der Waals surface area contributed by atoms with Gasteiger partial charge in [0.1, 0.15) is 23.5 Å². The third-order valence-corrected chi connectivity index (χ3v) is 6.72. The molecule has 10 nitrogen and oxygen atoms in total. The van der Waals surface area contributed by atoms with E-state index >= 15 is 0 Å². The molecule has 2 rings (SSSR count). The van der Waals surface area contributed by atoms with E-state index in [0.717, 1.165) is 22.3 Å². The summed E-state index contributed by atoms with van der Waals surface area (Å²) in [6.07, 6.45) is 6.13. The van der Waals surface area contributed by atoms with Gasteiger partial charge in [-0.2, -0.15) is 0 Å². The van der Waals surface area contributed by atoms with Gasteiger partial charge < -0.3 is 20.7 Å². The van der Waals surface area contributed by atoms with Crippen LogP contribution in [0.5, 0.6) is 0 Å². The van der Waals surface area contributed by atoms with Crippen LogP contribution in [0, 0.1) is 5.92 Å². The maximum atomic E-state index is 13.0. The Morgan fingerprint density at radius 3 is 2.59 bits per heavy atom. The van der Waals surface area contributed by atoms with Gasteiger partial charge in [0, 0.05) is 10.6 Å². The van der Waals surface area contributed by atoms with Crippen molar-refractivity contribution < 1.29 is 28.7 Å². The molecule has 0 saturated carbocycles. The van der Waals surface area contributed by atoms with Crippen molar-refractivity contribution in [3.63, 3.8) is 0 Å². The number of hydrogen-bond donors (Lipinski definition) is 3. The second kappa shape index (κ2) is 15.2. The van der Waals surface area contributed by atoms with Gasteiger partial charge in [0.15, 0.2) is 5.62 Å². The number of ether oxygens (including phenoxy) is 1. The number of hydrogen-bond acceptors (Lipinski definition) is 9. The first-order chi connectivity index (χ1) is 17.7. The number of amides is 3. The average Bonchev–Trinajstić information content (AvgIpc) is 2.87. The van der Waals surface area contributed by atoms with Crippen LogP contribution in [0.1, 0.15) is 49.8 Å². The zero-order valence-corrected chi connectivity index (χ0v) is 22.9. The number of fused-ring (bicyclic) bond motifs is 2. The van der Waals surface area contributed by atoms with E-state index in [1.807, 2.05) is 6.26 Å². The molecule has 0 unspecified atom stereocenters. The Kier molecular flexibility index (Phi) is 12.4. The van der Waals surface area contributed by atoms with Gasteiger partial charge >= 0.3 is 5.97 Å². The van der Waals surface area contributed by atoms with Gasteiger partial charge in [0.25, 0.3) is 11.8 Å². The first kappa shape index (κ1) is 30.1. The number of esters is 1. The summed E-state index contributed by atoms with van der Waals surface area (Å²) < 4.78 is 5.62. The number of carbonyl (C=O) groups excluding carboxylic acids is 5. The fourth-order valence-electron chi connectivity index (χ4n) is 3.33. The SMILES string of the molecule is C/C=C1\NC(=O)c2ccc(SC)c(n2)CNC(=O)C[C@@H](/C=C/CCSC=O)OC(=O)[C@H](C(C)C)NC1=O. The number of rotatable bonds is 7.